The zero-order chi connectivity index (χ0) is 17.1. The number of furan rings is 1. The number of rotatable bonds is 6. The molecular formula is C15H20N4O5. The second-order valence-electron chi connectivity index (χ2n) is 5.90. The zero-order valence-corrected chi connectivity index (χ0v) is 13.4. The highest BCUT2D eigenvalue weighted by atomic mass is 16.6. The van der Waals surface area contributed by atoms with Gasteiger partial charge in [0.15, 0.2) is 0 Å². The molecule has 0 aliphatic carbocycles. The first-order valence-electron chi connectivity index (χ1n) is 7.76. The Kier molecular flexibility index (Phi) is 4.93. The minimum Gasteiger partial charge on any atom is -0.464 e. The predicted molar refractivity (Wildman–Crippen MR) is 83.5 cm³/mol. The molecule has 0 aromatic carbocycles. The highest BCUT2D eigenvalue weighted by molar-refractivity contribution is 5.20. The van der Waals surface area contributed by atoms with Gasteiger partial charge in [-0.2, -0.15) is 5.10 Å². The highest BCUT2D eigenvalue weighted by Gasteiger charge is 2.26. The number of aliphatic hydroxyl groups is 1. The van der Waals surface area contributed by atoms with Crippen molar-refractivity contribution in [3.05, 3.63) is 46.2 Å². The lowest BCUT2D eigenvalue weighted by Crippen LogP contribution is -2.43. The smallest absolute Gasteiger partial charge is 0.306 e. The van der Waals surface area contributed by atoms with E-state index in [0.717, 1.165) is 11.5 Å². The average Bonchev–Trinajstić information content (AvgIpc) is 3.16. The lowest BCUT2D eigenvalue weighted by atomic mass is 10.2. The van der Waals surface area contributed by atoms with Gasteiger partial charge in [0.2, 0.25) is 0 Å². The first kappa shape index (κ1) is 16.6. The molecule has 130 valence electrons. The standard InChI is InChI=1S/C15H20N4O5/c1-11-2-3-14(24-11)15-10-17(4-5-23-15)8-13(20)9-18-7-12(6-16-18)19(21)22/h2-3,6-7,13,15,20H,4-5,8-10H2,1H3. The second-order valence-corrected chi connectivity index (χ2v) is 5.90. The molecule has 1 N–H and O–H groups in total. The van der Waals surface area contributed by atoms with E-state index in [1.807, 2.05) is 19.1 Å². The number of hydrogen-bond acceptors (Lipinski definition) is 7. The van der Waals surface area contributed by atoms with Crippen molar-refractivity contribution in [1.82, 2.24) is 14.7 Å². The minimum absolute atomic E-state index is 0.0816. The van der Waals surface area contributed by atoms with E-state index in [2.05, 4.69) is 10.00 Å². The number of morpholine rings is 1. The van der Waals surface area contributed by atoms with Gasteiger partial charge in [0, 0.05) is 19.6 Å². The van der Waals surface area contributed by atoms with Crippen LogP contribution in [0.15, 0.2) is 28.9 Å². The molecule has 1 fully saturated rings. The van der Waals surface area contributed by atoms with Crippen LogP contribution in [0.5, 0.6) is 0 Å². The van der Waals surface area contributed by atoms with E-state index in [9.17, 15) is 15.2 Å². The van der Waals surface area contributed by atoms with Crippen molar-refractivity contribution in [2.24, 2.45) is 0 Å². The molecule has 1 aliphatic rings. The van der Waals surface area contributed by atoms with E-state index < -0.39 is 11.0 Å². The molecule has 0 saturated carbocycles. The van der Waals surface area contributed by atoms with Gasteiger partial charge in [-0.3, -0.25) is 19.7 Å². The van der Waals surface area contributed by atoms with Gasteiger partial charge in [-0.25, -0.2) is 0 Å². The maximum absolute atomic E-state index is 10.6. The van der Waals surface area contributed by atoms with Gasteiger partial charge in [-0.1, -0.05) is 0 Å². The predicted octanol–water partition coefficient (Wildman–Crippen LogP) is 1.13. The molecule has 2 unspecified atom stereocenters. The first-order valence-corrected chi connectivity index (χ1v) is 7.76. The van der Waals surface area contributed by atoms with Gasteiger partial charge < -0.3 is 14.3 Å². The number of aromatic nitrogens is 2. The van der Waals surface area contributed by atoms with Crippen molar-refractivity contribution in [3.8, 4) is 0 Å². The zero-order valence-electron chi connectivity index (χ0n) is 13.4. The van der Waals surface area contributed by atoms with E-state index >= 15 is 0 Å². The van der Waals surface area contributed by atoms with Crippen LogP contribution < -0.4 is 0 Å². The van der Waals surface area contributed by atoms with Crippen molar-refractivity contribution >= 4 is 5.69 Å². The van der Waals surface area contributed by atoms with Crippen LogP contribution in [0.1, 0.15) is 17.6 Å². The molecule has 3 heterocycles. The molecule has 0 spiro atoms. The van der Waals surface area contributed by atoms with E-state index in [0.29, 0.717) is 26.2 Å². The maximum atomic E-state index is 10.6. The molecule has 9 heteroatoms. The Labute approximate surface area is 138 Å². The Morgan fingerprint density at radius 3 is 3.00 bits per heavy atom. The van der Waals surface area contributed by atoms with Crippen LogP contribution in [-0.4, -0.2) is 57.1 Å². The molecule has 2 aromatic heterocycles. The summed E-state index contributed by atoms with van der Waals surface area (Å²) in [6.07, 6.45) is 1.67. The number of nitro groups is 1. The molecule has 0 amide bonds. The van der Waals surface area contributed by atoms with Crippen LogP contribution in [0.2, 0.25) is 0 Å². The van der Waals surface area contributed by atoms with Crippen LogP contribution in [0.3, 0.4) is 0 Å². The van der Waals surface area contributed by atoms with Crippen molar-refractivity contribution in [2.75, 3.05) is 26.2 Å². The average molecular weight is 336 g/mol. The summed E-state index contributed by atoms with van der Waals surface area (Å²) in [6.45, 7) is 4.43. The molecule has 0 radical (unpaired) electrons. The molecule has 1 saturated heterocycles. The molecule has 9 nitrogen and oxygen atoms in total. The lowest BCUT2D eigenvalue weighted by molar-refractivity contribution is -0.385. The second kappa shape index (κ2) is 7.12. The number of β-amino-alcohol motifs (C(OH)–C–C–N with tert-alkyl or cyclic N) is 1. The Hall–Kier alpha value is -2.23. The van der Waals surface area contributed by atoms with Gasteiger partial charge in [0.1, 0.15) is 30.0 Å². The summed E-state index contributed by atoms with van der Waals surface area (Å²) in [5.74, 6) is 1.63. The largest absolute Gasteiger partial charge is 0.464 e. The highest BCUT2D eigenvalue weighted by Crippen LogP contribution is 2.24. The Morgan fingerprint density at radius 1 is 1.50 bits per heavy atom. The number of ether oxygens (including phenoxy) is 1. The third kappa shape index (κ3) is 3.99. The lowest BCUT2D eigenvalue weighted by Gasteiger charge is -2.33. The summed E-state index contributed by atoms with van der Waals surface area (Å²) < 4.78 is 12.7. The van der Waals surface area contributed by atoms with E-state index in [-0.39, 0.29) is 18.3 Å². The Morgan fingerprint density at radius 2 is 2.33 bits per heavy atom. The quantitative estimate of drug-likeness (QED) is 0.622. The summed E-state index contributed by atoms with van der Waals surface area (Å²) in [4.78, 5) is 12.2. The van der Waals surface area contributed by atoms with Crippen molar-refractivity contribution in [3.63, 3.8) is 0 Å². The van der Waals surface area contributed by atoms with E-state index in [4.69, 9.17) is 9.15 Å². The van der Waals surface area contributed by atoms with Crippen molar-refractivity contribution in [2.45, 2.75) is 25.7 Å². The monoisotopic (exact) mass is 336 g/mol. The summed E-state index contributed by atoms with van der Waals surface area (Å²) in [5, 5.41) is 24.8. The van der Waals surface area contributed by atoms with Gasteiger partial charge in [0.05, 0.1) is 24.2 Å². The third-order valence-corrected chi connectivity index (χ3v) is 3.93. The van der Waals surface area contributed by atoms with Crippen LogP contribution in [0.25, 0.3) is 0 Å². The number of nitrogens with zero attached hydrogens (tertiary/aromatic N) is 4. The van der Waals surface area contributed by atoms with Gasteiger partial charge >= 0.3 is 5.69 Å². The van der Waals surface area contributed by atoms with Crippen LogP contribution in [0.4, 0.5) is 5.69 Å². The van der Waals surface area contributed by atoms with Gasteiger partial charge in [-0.15, -0.1) is 0 Å². The molecule has 3 rings (SSSR count). The molecule has 0 bridgehead atoms. The SMILES string of the molecule is Cc1ccc(C2CN(CC(O)Cn3cc([N+](=O)[O-])cn3)CCO2)o1. The molecular weight excluding hydrogens is 316 g/mol. The summed E-state index contributed by atoms with van der Waals surface area (Å²) >= 11 is 0. The Bertz CT molecular complexity index is 698. The fraction of sp³-hybridized carbons (Fsp3) is 0.533. The van der Waals surface area contributed by atoms with E-state index in [1.165, 1.54) is 17.1 Å². The van der Waals surface area contributed by atoms with Crippen LogP contribution >= 0.6 is 0 Å². The fourth-order valence-electron chi connectivity index (χ4n) is 2.79. The maximum Gasteiger partial charge on any atom is 0.306 e. The molecule has 2 atom stereocenters. The van der Waals surface area contributed by atoms with Crippen LogP contribution in [0, 0.1) is 17.0 Å². The van der Waals surface area contributed by atoms with E-state index in [1.54, 1.807) is 0 Å². The molecule has 24 heavy (non-hydrogen) atoms. The number of hydrogen-bond donors (Lipinski definition) is 1. The first-order chi connectivity index (χ1) is 11.5. The number of aliphatic hydroxyl groups excluding tert-OH is 1. The normalized spacial score (nSPS) is 20.2. The van der Waals surface area contributed by atoms with Gasteiger partial charge in [0.25, 0.3) is 0 Å². The molecule has 2 aromatic rings. The summed E-state index contributed by atoms with van der Waals surface area (Å²) in [7, 11) is 0. The summed E-state index contributed by atoms with van der Waals surface area (Å²) in [6, 6.07) is 3.81. The molecule has 1 aliphatic heterocycles. The minimum atomic E-state index is -0.679. The number of aryl methyl sites for hydroxylation is 1. The van der Waals surface area contributed by atoms with Crippen molar-refractivity contribution in [1.29, 1.82) is 0 Å². The fourth-order valence-corrected chi connectivity index (χ4v) is 2.79. The topological polar surface area (TPSA) is 107 Å². The van der Waals surface area contributed by atoms with Crippen LogP contribution in [-0.2, 0) is 11.3 Å². The third-order valence-electron chi connectivity index (χ3n) is 3.93. The van der Waals surface area contributed by atoms with Crippen molar-refractivity contribution < 1.29 is 19.2 Å². The van der Waals surface area contributed by atoms with Gasteiger partial charge in [-0.05, 0) is 19.1 Å². The summed E-state index contributed by atoms with van der Waals surface area (Å²) in [5.41, 5.74) is -0.0816. The Balaban J connectivity index is 1.53.